The molecule has 1 heterocycles. The number of carbonyl (C=O) groups excluding carboxylic acids is 1. The van der Waals surface area contributed by atoms with Crippen LogP contribution in [0.1, 0.15) is 46.8 Å². The van der Waals surface area contributed by atoms with Crippen LogP contribution in [-0.2, 0) is 17.4 Å². The third kappa shape index (κ3) is 4.37. The van der Waals surface area contributed by atoms with Crippen LogP contribution in [0.5, 0.6) is 0 Å². The Morgan fingerprint density at radius 3 is 2.60 bits per heavy atom. The van der Waals surface area contributed by atoms with Gasteiger partial charge in [0.05, 0.1) is 5.56 Å². The number of aromatic nitrogens is 1. The Labute approximate surface area is 140 Å². The van der Waals surface area contributed by atoms with Crippen molar-refractivity contribution >= 4 is 11.9 Å². The van der Waals surface area contributed by atoms with Crippen molar-refractivity contribution in [3.8, 4) is 0 Å². The Bertz CT molecular complexity index is 771. The number of alkyl halides is 3. The van der Waals surface area contributed by atoms with Gasteiger partial charge in [0, 0.05) is 12.5 Å². The molecule has 1 aromatic heterocycles. The molecule has 1 amide bonds. The average molecular weight is 356 g/mol. The number of benzene rings is 1. The van der Waals surface area contributed by atoms with Gasteiger partial charge in [0.2, 0.25) is 0 Å². The van der Waals surface area contributed by atoms with Gasteiger partial charge in [-0.3, -0.25) is 4.79 Å². The SMILES string of the molecule is CCCc1cc(C(=O)N[C@@H](C(=O)O)c2ccccc2C(F)(F)F)no1. The number of nitrogens with one attached hydrogen (secondary N) is 1. The van der Waals surface area contributed by atoms with Crippen LogP contribution >= 0.6 is 0 Å². The van der Waals surface area contributed by atoms with E-state index in [9.17, 15) is 27.9 Å². The molecule has 2 N–H and O–H groups in total. The Morgan fingerprint density at radius 2 is 2.00 bits per heavy atom. The van der Waals surface area contributed by atoms with Crippen LogP contribution in [0.15, 0.2) is 34.9 Å². The maximum atomic E-state index is 13.1. The summed E-state index contributed by atoms with van der Waals surface area (Å²) < 4.78 is 44.2. The quantitative estimate of drug-likeness (QED) is 0.829. The van der Waals surface area contributed by atoms with Gasteiger partial charge in [0.25, 0.3) is 5.91 Å². The molecule has 0 spiro atoms. The van der Waals surface area contributed by atoms with Crippen molar-refractivity contribution < 1.29 is 32.4 Å². The van der Waals surface area contributed by atoms with Gasteiger partial charge >= 0.3 is 12.1 Å². The molecular formula is C16H15F3N2O4. The third-order valence-electron chi connectivity index (χ3n) is 3.39. The molecular weight excluding hydrogens is 341 g/mol. The topological polar surface area (TPSA) is 92.4 Å². The molecule has 9 heteroatoms. The monoisotopic (exact) mass is 356 g/mol. The van der Waals surface area contributed by atoms with E-state index in [1.54, 1.807) is 0 Å². The van der Waals surface area contributed by atoms with Crippen LogP contribution in [0.25, 0.3) is 0 Å². The zero-order chi connectivity index (χ0) is 18.6. The van der Waals surface area contributed by atoms with E-state index in [0.717, 1.165) is 24.6 Å². The van der Waals surface area contributed by atoms with E-state index in [0.29, 0.717) is 12.2 Å². The first-order chi connectivity index (χ1) is 11.7. The molecule has 134 valence electrons. The number of carboxylic acid groups (broad SMARTS) is 1. The number of hydrogen-bond acceptors (Lipinski definition) is 4. The highest BCUT2D eigenvalue weighted by Crippen LogP contribution is 2.34. The molecule has 0 aliphatic rings. The van der Waals surface area contributed by atoms with Crippen molar-refractivity contribution in [2.24, 2.45) is 0 Å². The summed E-state index contributed by atoms with van der Waals surface area (Å²) in [5, 5.41) is 14.8. The summed E-state index contributed by atoms with van der Waals surface area (Å²) in [7, 11) is 0. The first-order valence-electron chi connectivity index (χ1n) is 7.39. The van der Waals surface area contributed by atoms with E-state index < -0.39 is 35.2 Å². The predicted octanol–water partition coefficient (Wildman–Crippen LogP) is 3.20. The van der Waals surface area contributed by atoms with Crippen LogP contribution in [0.3, 0.4) is 0 Å². The van der Waals surface area contributed by atoms with E-state index in [4.69, 9.17) is 4.52 Å². The van der Waals surface area contributed by atoms with Crippen molar-refractivity contribution in [2.45, 2.75) is 32.0 Å². The van der Waals surface area contributed by atoms with Gasteiger partial charge in [-0.15, -0.1) is 0 Å². The number of nitrogens with zero attached hydrogens (tertiary/aromatic N) is 1. The second kappa shape index (κ2) is 7.37. The highest BCUT2D eigenvalue weighted by molar-refractivity contribution is 5.95. The van der Waals surface area contributed by atoms with Crippen molar-refractivity contribution in [2.75, 3.05) is 0 Å². The minimum Gasteiger partial charge on any atom is -0.479 e. The average Bonchev–Trinajstić information content (AvgIpc) is 3.00. The van der Waals surface area contributed by atoms with Gasteiger partial charge in [0.15, 0.2) is 11.7 Å². The number of carboxylic acids is 1. The van der Waals surface area contributed by atoms with Crippen molar-refractivity contribution in [3.63, 3.8) is 0 Å². The molecule has 0 unspecified atom stereocenters. The summed E-state index contributed by atoms with van der Waals surface area (Å²) in [6.45, 7) is 1.89. The minimum absolute atomic E-state index is 0.195. The number of rotatable bonds is 6. The fourth-order valence-electron chi connectivity index (χ4n) is 2.27. The van der Waals surface area contributed by atoms with Crippen molar-refractivity contribution in [3.05, 3.63) is 52.9 Å². The molecule has 0 aliphatic heterocycles. The zero-order valence-electron chi connectivity index (χ0n) is 13.1. The van der Waals surface area contributed by atoms with Gasteiger partial charge in [-0.2, -0.15) is 13.2 Å². The van der Waals surface area contributed by atoms with Crippen LogP contribution in [0, 0.1) is 0 Å². The number of aryl methyl sites for hydroxylation is 1. The first-order valence-corrected chi connectivity index (χ1v) is 7.39. The fraction of sp³-hybridized carbons (Fsp3) is 0.312. The van der Waals surface area contributed by atoms with Crippen LogP contribution in [-0.4, -0.2) is 22.1 Å². The summed E-state index contributed by atoms with van der Waals surface area (Å²) in [5.41, 5.74) is -1.89. The maximum absolute atomic E-state index is 13.1. The molecule has 0 fully saturated rings. The van der Waals surface area contributed by atoms with E-state index in [1.807, 2.05) is 6.92 Å². The zero-order valence-corrected chi connectivity index (χ0v) is 13.1. The molecule has 25 heavy (non-hydrogen) atoms. The summed E-state index contributed by atoms with van der Waals surface area (Å²) in [4.78, 5) is 23.6. The van der Waals surface area contributed by atoms with E-state index in [1.165, 1.54) is 12.1 Å². The summed E-state index contributed by atoms with van der Waals surface area (Å²) in [5.74, 6) is -2.13. The summed E-state index contributed by atoms with van der Waals surface area (Å²) in [6.07, 6.45) is -3.48. The molecule has 1 aromatic carbocycles. The van der Waals surface area contributed by atoms with E-state index >= 15 is 0 Å². The number of carbonyl (C=O) groups is 2. The summed E-state index contributed by atoms with van der Waals surface area (Å²) in [6, 6.07) is 3.62. The summed E-state index contributed by atoms with van der Waals surface area (Å²) >= 11 is 0. The van der Waals surface area contributed by atoms with E-state index in [-0.39, 0.29) is 5.69 Å². The molecule has 2 aromatic rings. The predicted molar refractivity (Wildman–Crippen MR) is 79.8 cm³/mol. The largest absolute Gasteiger partial charge is 0.479 e. The number of halogens is 3. The van der Waals surface area contributed by atoms with Crippen molar-refractivity contribution in [1.82, 2.24) is 10.5 Å². The Hall–Kier alpha value is -2.84. The molecule has 0 radical (unpaired) electrons. The number of hydrogen-bond donors (Lipinski definition) is 2. The molecule has 0 aliphatic carbocycles. The lowest BCUT2D eigenvalue weighted by atomic mass is 9.99. The van der Waals surface area contributed by atoms with Crippen LogP contribution in [0.4, 0.5) is 13.2 Å². The highest BCUT2D eigenvalue weighted by atomic mass is 19.4. The maximum Gasteiger partial charge on any atom is 0.416 e. The normalized spacial score (nSPS) is 12.6. The molecule has 0 saturated carbocycles. The Balaban J connectivity index is 2.30. The first kappa shape index (κ1) is 18.5. The Kier molecular flexibility index (Phi) is 5.45. The lowest BCUT2D eigenvalue weighted by Gasteiger charge is -2.19. The fourth-order valence-corrected chi connectivity index (χ4v) is 2.27. The van der Waals surface area contributed by atoms with Gasteiger partial charge in [-0.05, 0) is 18.1 Å². The number of amides is 1. The third-order valence-corrected chi connectivity index (χ3v) is 3.39. The van der Waals surface area contributed by atoms with Crippen molar-refractivity contribution in [1.29, 1.82) is 0 Å². The van der Waals surface area contributed by atoms with Crippen LogP contribution < -0.4 is 5.32 Å². The van der Waals surface area contributed by atoms with Crippen LogP contribution in [0.2, 0.25) is 0 Å². The second-order valence-electron chi connectivity index (χ2n) is 5.26. The smallest absolute Gasteiger partial charge is 0.416 e. The molecule has 2 rings (SSSR count). The number of aliphatic carboxylic acids is 1. The van der Waals surface area contributed by atoms with E-state index in [2.05, 4.69) is 10.5 Å². The Morgan fingerprint density at radius 1 is 1.32 bits per heavy atom. The highest BCUT2D eigenvalue weighted by Gasteiger charge is 2.37. The molecule has 0 bridgehead atoms. The second-order valence-corrected chi connectivity index (χ2v) is 5.26. The lowest BCUT2D eigenvalue weighted by Crippen LogP contribution is -2.35. The van der Waals surface area contributed by atoms with Gasteiger partial charge in [-0.1, -0.05) is 30.3 Å². The lowest BCUT2D eigenvalue weighted by molar-refractivity contribution is -0.142. The molecule has 1 atom stereocenters. The minimum atomic E-state index is -4.75. The van der Waals surface area contributed by atoms with Gasteiger partial charge < -0.3 is 14.9 Å². The molecule has 0 saturated heterocycles. The van der Waals surface area contributed by atoms with Gasteiger partial charge in [0.1, 0.15) is 5.76 Å². The standard InChI is InChI=1S/C16H15F3N2O4/c1-2-5-9-8-12(21-25-9)14(22)20-13(15(23)24)10-6-3-4-7-11(10)16(17,18)19/h3-4,6-8,13H,2,5H2,1H3,(H,20,22)(H,23,24)/t13-/m1/s1. The van der Waals surface area contributed by atoms with Gasteiger partial charge in [-0.25, -0.2) is 4.79 Å². The molecule has 6 nitrogen and oxygen atoms in total.